The van der Waals surface area contributed by atoms with Crippen LogP contribution in [0.2, 0.25) is 0 Å². The summed E-state index contributed by atoms with van der Waals surface area (Å²) in [4.78, 5) is 11.3. The smallest absolute Gasteiger partial charge is 0.302 e. The summed E-state index contributed by atoms with van der Waals surface area (Å²) in [5.74, 6) is 2.12. The van der Waals surface area contributed by atoms with E-state index >= 15 is 0 Å². The van der Waals surface area contributed by atoms with Crippen LogP contribution in [-0.4, -0.2) is 26.8 Å². The average molecular weight is 340 g/mol. The Bertz CT molecular complexity index is 736. The summed E-state index contributed by atoms with van der Waals surface area (Å²) in [5.41, 5.74) is 3.87. The van der Waals surface area contributed by atoms with Gasteiger partial charge in [0.15, 0.2) is 0 Å². The highest BCUT2D eigenvalue weighted by molar-refractivity contribution is 5.65. The van der Waals surface area contributed by atoms with E-state index in [1.807, 2.05) is 18.2 Å². The van der Waals surface area contributed by atoms with Gasteiger partial charge in [0.25, 0.3) is 0 Å². The third-order valence-corrected chi connectivity index (χ3v) is 4.92. The lowest BCUT2D eigenvalue weighted by Crippen LogP contribution is -2.18. The topological polar surface area (TPSA) is 44.8 Å². The van der Waals surface area contributed by atoms with E-state index in [0.29, 0.717) is 12.5 Å². The molecule has 0 amide bonds. The van der Waals surface area contributed by atoms with Crippen LogP contribution >= 0.6 is 0 Å². The van der Waals surface area contributed by atoms with E-state index in [0.717, 1.165) is 24.3 Å². The van der Waals surface area contributed by atoms with Gasteiger partial charge < -0.3 is 14.2 Å². The third kappa shape index (κ3) is 3.95. The number of carbonyl (C=O) groups is 1. The molecule has 2 aromatic rings. The average Bonchev–Trinajstić information content (AvgIpc) is 2.97. The number of carbonyl (C=O) groups excluding carboxylic acids is 1. The van der Waals surface area contributed by atoms with E-state index < -0.39 is 0 Å². The molecule has 0 aliphatic heterocycles. The van der Waals surface area contributed by atoms with Gasteiger partial charge in [0.2, 0.25) is 0 Å². The van der Waals surface area contributed by atoms with Crippen LogP contribution in [0.25, 0.3) is 0 Å². The number of rotatable bonds is 6. The van der Waals surface area contributed by atoms with Gasteiger partial charge in [0.05, 0.1) is 20.8 Å². The molecule has 3 rings (SSSR count). The minimum absolute atomic E-state index is 0.225. The number of ether oxygens (including phenoxy) is 3. The predicted octanol–water partition coefficient (Wildman–Crippen LogP) is 3.77. The lowest BCUT2D eigenvalue weighted by atomic mass is 9.87. The lowest BCUT2D eigenvalue weighted by Gasteiger charge is -2.20. The fourth-order valence-corrected chi connectivity index (χ4v) is 3.62. The van der Waals surface area contributed by atoms with Crippen LogP contribution in [0.5, 0.6) is 11.5 Å². The summed E-state index contributed by atoms with van der Waals surface area (Å²) < 4.78 is 15.9. The van der Waals surface area contributed by atoms with Crippen molar-refractivity contribution < 1.29 is 19.0 Å². The second-order valence-electron chi connectivity index (χ2n) is 6.49. The van der Waals surface area contributed by atoms with Gasteiger partial charge in [-0.1, -0.05) is 18.2 Å². The molecule has 2 aromatic carbocycles. The SMILES string of the molecule is COc1ccc(C[C@H]2c3ccc(OC)cc3C[C@H]2COC(C)=O)cc1. The summed E-state index contributed by atoms with van der Waals surface area (Å²) in [6.07, 6.45) is 1.82. The van der Waals surface area contributed by atoms with Crippen LogP contribution in [-0.2, 0) is 22.4 Å². The molecule has 0 saturated carbocycles. The van der Waals surface area contributed by atoms with Crippen molar-refractivity contribution in [3.8, 4) is 11.5 Å². The van der Waals surface area contributed by atoms with Crippen molar-refractivity contribution in [1.82, 2.24) is 0 Å². The van der Waals surface area contributed by atoms with Crippen LogP contribution in [0, 0.1) is 5.92 Å². The fraction of sp³-hybridized carbons (Fsp3) is 0.381. The van der Waals surface area contributed by atoms with Crippen molar-refractivity contribution in [2.75, 3.05) is 20.8 Å². The van der Waals surface area contributed by atoms with Crippen LogP contribution in [0.3, 0.4) is 0 Å². The van der Waals surface area contributed by atoms with Crippen LogP contribution in [0.4, 0.5) is 0 Å². The molecule has 0 saturated heterocycles. The van der Waals surface area contributed by atoms with Gasteiger partial charge in [0.1, 0.15) is 11.5 Å². The number of esters is 1. The van der Waals surface area contributed by atoms with Gasteiger partial charge in [-0.2, -0.15) is 0 Å². The first-order valence-corrected chi connectivity index (χ1v) is 8.53. The Morgan fingerprint density at radius 2 is 1.72 bits per heavy atom. The summed E-state index contributed by atoms with van der Waals surface area (Å²) >= 11 is 0. The molecule has 4 heteroatoms. The Hall–Kier alpha value is -2.49. The second kappa shape index (κ2) is 7.60. The zero-order valence-electron chi connectivity index (χ0n) is 15.0. The third-order valence-electron chi connectivity index (χ3n) is 4.92. The first kappa shape index (κ1) is 17.3. The van der Waals surface area contributed by atoms with E-state index in [1.165, 1.54) is 23.6 Å². The number of hydrogen-bond acceptors (Lipinski definition) is 4. The molecule has 1 aliphatic carbocycles. The van der Waals surface area contributed by atoms with Crippen LogP contribution in [0.15, 0.2) is 42.5 Å². The molecule has 0 bridgehead atoms. The molecule has 132 valence electrons. The number of fused-ring (bicyclic) bond motifs is 1. The number of hydrogen-bond donors (Lipinski definition) is 0. The van der Waals surface area contributed by atoms with Gasteiger partial charge in [-0.05, 0) is 59.7 Å². The second-order valence-corrected chi connectivity index (χ2v) is 6.49. The minimum Gasteiger partial charge on any atom is -0.497 e. The van der Waals surface area contributed by atoms with Crippen molar-refractivity contribution >= 4 is 5.97 Å². The van der Waals surface area contributed by atoms with E-state index in [9.17, 15) is 4.79 Å². The van der Waals surface area contributed by atoms with Crippen molar-refractivity contribution in [2.45, 2.75) is 25.7 Å². The summed E-state index contributed by atoms with van der Waals surface area (Å²) in [6.45, 7) is 1.91. The van der Waals surface area contributed by atoms with Crippen molar-refractivity contribution in [3.63, 3.8) is 0 Å². The molecule has 0 spiro atoms. The fourth-order valence-electron chi connectivity index (χ4n) is 3.62. The van der Waals surface area contributed by atoms with Gasteiger partial charge >= 0.3 is 5.97 Å². The van der Waals surface area contributed by atoms with Gasteiger partial charge in [-0.15, -0.1) is 0 Å². The maximum absolute atomic E-state index is 11.3. The molecular weight excluding hydrogens is 316 g/mol. The number of methoxy groups -OCH3 is 2. The van der Waals surface area contributed by atoms with Crippen LogP contribution < -0.4 is 9.47 Å². The molecule has 2 atom stereocenters. The molecule has 1 aliphatic rings. The highest BCUT2D eigenvalue weighted by Crippen LogP contribution is 2.41. The van der Waals surface area contributed by atoms with Gasteiger partial charge in [-0.3, -0.25) is 4.79 Å². The molecule has 25 heavy (non-hydrogen) atoms. The zero-order chi connectivity index (χ0) is 17.8. The van der Waals surface area contributed by atoms with Gasteiger partial charge in [0, 0.05) is 12.8 Å². The number of benzene rings is 2. The Morgan fingerprint density at radius 1 is 1.04 bits per heavy atom. The normalized spacial score (nSPS) is 18.5. The van der Waals surface area contributed by atoms with Crippen LogP contribution in [0.1, 0.15) is 29.5 Å². The van der Waals surface area contributed by atoms with Gasteiger partial charge in [-0.25, -0.2) is 0 Å². The van der Waals surface area contributed by atoms with Crippen molar-refractivity contribution in [2.24, 2.45) is 5.92 Å². The molecule has 0 unspecified atom stereocenters. The Balaban J connectivity index is 1.84. The molecule has 0 radical (unpaired) electrons. The van der Waals surface area contributed by atoms with E-state index in [-0.39, 0.29) is 11.9 Å². The Labute approximate surface area is 148 Å². The van der Waals surface area contributed by atoms with E-state index in [4.69, 9.17) is 14.2 Å². The first-order chi connectivity index (χ1) is 12.1. The first-order valence-electron chi connectivity index (χ1n) is 8.53. The minimum atomic E-state index is -0.225. The molecule has 4 nitrogen and oxygen atoms in total. The summed E-state index contributed by atoms with van der Waals surface area (Å²) in [7, 11) is 3.35. The van der Waals surface area contributed by atoms with Crippen molar-refractivity contribution in [1.29, 1.82) is 0 Å². The molecule has 0 heterocycles. The highest BCUT2D eigenvalue weighted by atomic mass is 16.5. The molecule has 0 aromatic heterocycles. The highest BCUT2D eigenvalue weighted by Gasteiger charge is 2.33. The quantitative estimate of drug-likeness (QED) is 0.751. The zero-order valence-corrected chi connectivity index (χ0v) is 15.0. The van der Waals surface area contributed by atoms with E-state index in [1.54, 1.807) is 14.2 Å². The monoisotopic (exact) mass is 340 g/mol. The summed E-state index contributed by atoms with van der Waals surface area (Å²) in [5, 5.41) is 0. The maximum Gasteiger partial charge on any atom is 0.302 e. The molecule has 0 fully saturated rings. The Morgan fingerprint density at radius 3 is 2.36 bits per heavy atom. The molecule has 0 N–H and O–H groups in total. The summed E-state index contributed by atoms with van der Waals surface area (Å²) in [6, 6.07) is 14.4. The predicted molar refractivity (Wildman–Crippen MR) is 96.3 cm³/mol. The largest absolute Gasteiger partial charge is 0.497 e. The van der Waals surface area contributed by atoms with Crippen molar-refractivity contribution in [3.05, 3.63) is 59.2 Å². The lowest BCUT2D eigenvalue weighted by molar-refractivity contribution is -0.142. The standard InChI is InChI=1S/C21H24O4/c1-14(22)25-13-17-11-16-12-19(24-3)8-9-20(16)21(17)10-15-4-6-18(23-2)7-5-15/h4-9,12,17,21H,10-11,13H2,1-3H3/t17-,21+/m0/s1. The maximum atomic E-state index is 11.3. The van der Waals surface area contributed by atoms with E-state index in [2.05, 4.69) is 24.3 Å². The Kier molecular flexibility index (Phi) is 5.27. The molecular formula is C21H24O4.